The quantitative estimate of drug-likeness (QED) is 0.774. The summed E-state index contributed by atoms with van der Waals surface area (Å²) in [6, 6.07) is 3.13. The minimum absolute atomic E-state index is 0.130. The number of carbonyl (C=O) groups is 2. The van der Waals surface area contributed by atoms with Crippen molar-refractivity contribution in [2.75, 3.05) is 7.05 Å². The van der Waals surface area contributed by atoms with E-state index >= 15 is 0 Å². The lowest BCUT2D eigenvalue weighted by molar-refractivity contribution is -0.131. The number of carbonyl (C=O) groups excluding carboxylic acids is 2. The number of phenolic OH excluding ortho intramolecular Hbond substituents is 1. The van der Waals surface area contributed by atoms with Gasteiger partial charge in [0.05, 0.1) is 10.0 Å². The van der Waals surface area contributed by atoms with Crippen molar-refractivity contribution in [3.8, 4) is 11.5 Å². The van der Waals surface area contributed by atoms with E-state index in [4.69, 9.17) is 4.74 Å². The Morgan fingerprint density at radius 2 is 2.04 bits per heavy atom. The molecule has 0 fully saturated rings. The minimum Gasteiger partial charge on any atom is -0.508 e. The largest absolute Gasteiger partial charge is 0.508 e. The molecule has 2 heterocycles. The summed E-state index contributed by atoms with van der Waals surface area (Å²) in [7, 11) is 1.56. The Hall–Kier alpha value is -1.82. The molecule has 5 nitrogen and oxygen atoms in total. The van der Waals surface area contributed by atoms with Gasteiger partial charge in [-0.05, 0) is 53.7 Å². The molecule has 1 aromatic carbocycles. The normalized spacial score (nSPS) is 23.0. The summed E-state index contributed by atoms with van der Waals surface area (Å²) in [6.07, 6.45) is 3.69. The Morgan fingerprint density at radius 1 is 1.35 bits per heavy atom. The number of ether oxygens (including phenoxy) is 1. The van der Waals surface area contributed by atoms with Crippen molar-refractivity contribution in [3.63, 3.8) is 0 Å². The molecule has 1 spiro atoms. The second-order valence-electron chi connectivity index (χ2n) is 7.22. The van der Waals surface area contributed by atoms with Gasteiger partial charge in [-0.2, -0.15) is 0 Å². The lowest BCUT2D eigenvalue weighted by atomic mass is 9.94. The van der Waals surface area contributed by atoms with Crippen molar-refractivity contribution < 1.29 is 19.4 Å². The summed E-state index contributed by atoms with van der Waals surface area (Å²) in [4.78, 5) is 26.8. The number of nitrogens with zero attached hydrogens (tertiary/aromatic N) is 1. The first kappa shape index (κ1) is 19.0. The van der Waals surface area contributed by atoms with Crippen LogP contribution >= 0.6 is 15.9 Å². The van der Waals surface area contributed by atoms with Gasteiger partial charge in [-0.25, -0.2) is 0 Å². The summed E-state index contributed by atoms with van der Waals surface area (Å²) >= 11 is 3.27. The lowest BCUT2D eigenvalue weighted by Crippen LogP contribution is -2.53. The van der Waals surface area contributed by atoms with Crippen LogP contribution in [0.25, 0.3) is 0 Å². The van der Waals surface area contributed by atoms with Crippen LogP contribution in [0.5, 0.6) is 11.5 Å². The third kappa shape index (κ3) is 2.57. The molecule has 2 aliphatic heterocycles. The molecule has 140 valence electrons. The van der Waals surface area contributed by atoms with Crippen LogP contribution in [0.4, 0.5) is 0 Å². The number of rotatable bonds is 5. The molecule has 0 saturated heterocycles. The maximum Gasteiger partial charge on any atom is 0.273 e. The maximum atomic E-state index is 13.2. The van der Waals surface area contributed by atoms with Gasteiger partial charge in [0.1, 0.15) is 11.5 Å². The molecule has 2 atom stereocenters. The molecular weight excluding hydrogens is 398 g/mol. The van der Waals surface area contributed by atoms with Crippen LogP contribution in [-0.2, 0) is 11.2 Å². The molecule has 0 saturated carbocycles. The lowest BCUT2D eigenvalue weighted by Gasteiger charge is -2.31. The van der Waals surface area contributed by atoms with Gasteiger partial charge in [0.25, 0.3) is 11.6 Å². The van der Waals surface area contributed by atoms with Gasteiger partial charge < -0.3 is 9.84 Å². The third-order valence-electron chi connectivity index (χ3n) is 5.66. The number of fused-ring (bicyclic) bond motifs is 1. The first-order valence-corrected chi connectivity index (χ1v) is 9.78. The van der Waals surface area contributed by atoms with E-state index in [1.54, 1.807) is 26.1 Å². The Bertz CT molecular complexity index is 816. The van der Waals surface area contributed by atoms with Crippen LogP contribution in [0.15, 0.2) is 22.2 Å². The molecule has 1 amide bonds. The number of ketones is 1. The second kappa shape index (κ2) is 6.72. The van der Waals surface area contributed by atoms with Gasteiger partial charge in [-0.15, -0.1) is 0 Å². The van der Waals surface area contributed by atoms with Crippen LogP contribution in [0.1, 0.15) is 56.0 Å². The molecule has 6 heteroatoms. The highest BCUT2D eigenvalue weighted by Gasteiger charge is 2.60. The first-order valence-electron chi connectivity index (χ1n) is 8.99. The highest BCUT2D eigenvalue weighted by molar-refractivity contribution is 9.12. The van der Waals surface area contributed by atoms with Crippen LogP contribution in [0, 0.1) is 5.92 Å². The zero-order valence-corrected chi connectivity index (χ0v) is 17.1. The van der Waals surface area contributed by atoms with E-state index < -0.39 is 5.72 Å². The monoisotopic (exact) mass is 421 g/mol. The highest BCUT2D eigenvalue weighted by Crippen LogP contribution is 2.49. The minimum atomic E-state index is -1.45. The summed E-state index contributed by atoms with van der Waals surface area (Å²) in [5.74, 6) is 0.595. The molecule has 0 aromatic heterocycles. The van der Waals surface area contributed by atoms with E-state index in [-0.39, 0.29) is 17.4 Å². The number of hydrogen-bond donors (Lipinski definition) is 1. The fourth-order valence-corrected chi connectivity index (χ4v) is 4.22. The predicted octanol–water partition coefficient (Wildman–Crippen LogP) is 4.17. The molecule has 2 aliphatic rings. The number of benzene rings is 1. The molecule has 0 aliphatic carbocycles. The van der Waals surface area contributed by atoms with E-state index in [2.05, 4.69) is 29.8 Å². The summed E-state index contributed by atoms with van der Waals surface area (Å²) in [5.41, 5.74) is 0.156. The van der Waals surface area contributed by atoms with Crippen LogP contribution < -0.4 is 4.74 Å². The topological polar surface area (TPSA) is 66.8 Å². The zero-order chi connectivity index (χ0) is 19.2. The number of aromatic hydroxyl groups is 1. The fraction of sp³-hybridized carbons (Fsp3) is 0.500. The molecule has 0 radical (unpaired) electrons. The van der Waals surface area contributed by atoms with Crippen molar-refractivity contribution >= 4 is 27.6 Å². The average Bonchev–Trinajstić information content (AvgIpc) is 3.01. The van der Waals surface area contributed by atoms with Crippen LogP contribution in [0.3, 0.4) is 0 Å². The Kier molecular flexibility index (Phi) is 4.90. The van der Waals surface area contributed by atoms with Crippen molar-refractivity contribution in [1.82, 2.24) is 4.90 Å². The van der Waals surface area contributed by atoms with Crippen LogP contribution in [-0.4, -0.2) is 34.5 Å². The Balaban J connectivity index is 1.98. The summed E-state index contributed by atoms with van der Waals surface area (Å²) in [6.45, 7) is 6.08. The van der Waals surface area contributed by atoms with E-state index in [9.17, 15) is 14.7 Å². The molecule has 0 bridgehead atoms. The molecule has 1 N–H and O–H groups in total. The zero-order valence-electron chi connectivity index (χ0n) is 15.6. The van der Waals surface area contributed by atoms with Crippen molar-refractivity contribution in [2.24, 2.45) is 5.92 Å². The van der Waals surface area contributed by atoms with Gasteiger partial charge in [0.15, 0.2) is 0 Å². The molecule has 3 rings (SSSR count). The smallest absolute Gasteiger partial charge is 0.273 e. The number of hydrogen-bond acceptors (Lipinski definition) is 4. The number of phenols is 1. The standard InChI is InChI=1S/C20H24BrNO4/c1-5-11(2)7-6-8-13-15(23)10-9-14-17(13)26-20(18(14)24)12(3)16(21)19(25)22(20)4/h9-11,23H,5-8H2,1-4H3. The van der Waals surface area contributed by atoms with Crippen molar-refractivity contribution in [1.29, 1.82) is 0 Å². The number of likely N-dealkylation sites (N-methyl/N-ethyl adjacent to an activating group) is 1. The molecule has 1 aromatic rings. The maximum absolute atomic E-state index is 13.2. The Morgan fingerprint density at radius 3 is 2.62 bits per heavy atom. The summed E-state index contributed by atoms with van der Waals surface area (Å²) < 4.78 is 6.49. The van der Waals surface area contributed by atoms with E-state index in [0.29, 0.717) is 39.3 Å². The molecular formula is C20H24BrNO4. The van der Waals surface area contributed by atoms with Crippen LogP contribution in [0.2, 0.25) is 0 Å². The second-order valence-corrected chi connectivity index (χ2v) is 8.02. The van der Waals surface area contributed by atoms with Gasteiger partial charge >= 0.3 is 0 Å². The number of halogens is 1. The van der Waals surface area contributed by atoms with Gasteiger partial charge in [0.2, 0.25) is 5.78 Å². The fourth-order valence-electron chi connectivity index (χ4n) is 3.68. The number of Topliss-reactive ketones (excluding diaryl/α,β-unsaturated/α-hetero) is 1. The first-order chi connectivity index (χ1) is 12.3. The van der Waals surface area contributed by atoms with Crippen molar-refractivity contribution in [2.45, 2.75) is 52.2 Å². The Labute approximate surface area is 162 Å². The molecule has 26 heavy (non-hydrogen) atoms. The predicted molar refractivity (Wildman–Crippen MR) is 103 cm³/mol. The molecule has 2 unspecified atom stereocenters. The van der Waals surface area contributed by atoms with Crippen molar-refractivity contribution in [3.05, 3.63) is 33.3 Å². The average molecular weight is 422 g/mol. The highest BCUT2D eigenvalue weighted by atomic mass is 79.9. The number of amides is 1. The van der Waals surface area contributed by atoms with E-state index in [1.807, 2.05) is 0 Å². The van der Waals surface area contributed by atoms with Gasteiger partial charge in [-0.1, -0.05) is 26.7 Å². The van der Waals surface area contributed by atoms with Gasteiger partial charge in [0, 0.05) is 18.2 Å². The summed E-state index contributed by atoms with van der Waals surface area (Å²) in [5, 5.41) is 10.4. The third-order valence-corrected chi connectivity index (χ3v) is 6.59. The van der Waals surface area contributed by atoms with Gasteiger partial charge in [-0.3, -0.25) is 14.5 Å². The van der Waals surface area contributed by atoms with E-state index in [1.165, 1.54) is 4.90 Å². The van der Waals surface area contributed by atoms with E-state index in [0.717, 1.165) is 19.3 Å². The SMILES string of the molecule is CCC(C)CCCc1c(O)ccc2c1OC1(C2=O)C(C)=C(Br)C(=O)N1C.